The molecule has 0 saturated carbocycles. The van der Waals surface area contributed by atoms with Gasteiger partial charge in [-0.25, -0.2) is 5.10 Å². The number of carbonyl (C=O) groups excluding carboxylic acids is 2. The van der Waals surface area contributed by atoms with Crippen LogP contribution in [-0.2, 0) is 4.79 Å². The number of H-pyrrole nitrogens is 1. The Balaban J connectivity index is 2.10. The molecule has 1 aromatic heterocycles. The van der Waals surface area contributed by atoms with E-state index in [9.17, 15) is 9.59 Å². The summed E-state index contributed by atoms with van der Waals surface area (Å²) in [6, 6.07) is 6.57. The molecule has 7 nitrogen and oxygen atoms in total. The summed E-state index contributed by atoms with van der Waals surface area (Å²) in [6.07, 6.45) is 1.30. The number of amides is 2. The first-order valence-electron chi connectivity index (χ1n) is 7.01. The second-order valence-electron chi connectivity index (χ2n) is 5.33. The van der Waals surface area contributed by atoms with Crippen molar-refractivity contribution in [3.8, 4) is 0 Å². The lowest BCUT2D eigenvalue weighted by Gasteiger charge is -2.21. The minimum absolute atomic E-state index is 0.0733. The number of aryl methyl sites for hydroxylation is 1. The van der Waals surface area contributed by atoms with Crippen molar-refractivity contribution in [3.05, 3.63) is 41.7 Å². The Bertz CT molecular complexity index is 652. The van der Waals surface area contributed by atoms with E-state index < -0.39 is 6.04 Å². The quantitative estimate of drug-likeness (QED) is 0.779. The van der Waals surface area contributed by atoms with Crippen molar-refractivity contribution in [2.24, 2.45) is 5.92 Å². The molecule has 3 N–H and O–H groups in total. The van der Waals surface area contributed by atoms with Gasteiger partial charge in [0.1, 0.15) is 12.4 Å². The molecular weight excluding hydrogens is 282 g/mol. The van der Waals surface area contributed by atoms with Crippen LogP contribution in [0, 0.1) is 12.8 Å². The Morgan fingerprint density at radius 3 is 2.55 bits per heavy atom. The molecule has 7 heteroatoms. The fraction of sp³-hybridized carbons (Fsp3) is 0.333. The third kappa shape index (κ3) is 3.69. The van der Waals surface area contributed by atoms with E-state index in [1.807, 2.05) is 32.9 Å². The van der Waals surface area contributed by atoms with Gasteiger partial charge in [-0.2, -0.15) is 10.1 Å². The Kier molecular flexibility index (Phi) is 4.88. The van der Waals surface area contributed by atoms with Gasteiger partial charge in [-0.3, -0.25) is 14.9 Å². The van der Waals surface area contributed by atoms with Crippen LogP contribution < -0.4 is 10.6 Å². The van der Waals surface area contributed by atoms with Gasteiger partial charge in [-0.15, -0.1) is 0 Å². The highest BCUT2D eigenvalue weighted by Crippen LogP contribution is 2.10. The minimum Gasteiger partial charge on any atom is -0.340 e. The first-order valence-corrected chi connectivity index (χ1v) is 7.01. The maximum Gasteiger partial charge on any atom is 0.252 e. The predicted octanol–water partition coefficient (Wildman–Crippen LogP) is 1.51. The number of nitrogens with zero attached hydrogens (tertiary/aromatic N) is 2. The summed E-state index contributed by atoms with van der Waals surface area (Å²) in [5, 5.41) is 11.6. The van der Waals surface area contributed by atoms with E-state index >= 15 is 0 Å². The average Bonchev–Trinajstić information content (AvgIpc) is 2.97. The summed E-state index contributed by atoms with van der Waals surface area (Å²) >= 11 is 0. The van der Waals surface area contributed by atoms with Gasteiger partial charge in [0.15, 0.2) is 0 Å². The van der Waals surface area contributed by atoms with Crippen LogP contribution in [0.4, 0.5) is 5.95 Å². The number of rotatable bonds is 5. The molecule has 0 aliphatic rings. The Morgan fingerprint density at radius 1 is 1.23 bits per heavy atom. The number of anilines is 1. The Hall–Kier alpha value is -2.70. The maximum atomic E-state index is 12.4. The molecule has 0 saturated heterocycles. The van der Waals surface area contributed by atoms with E-state index in [4.69, 9.17) is 0 Å². The van der Waals surface area contributed by atoms with Gasteiger partial charge in [-0.05, 0) is 24.5 Å². The Labute approximate surface area is 128 Å². The summed E-state index contributed by atoms with van der Waals surface area (Å²) in [4.78, 5) is 28.5. The monoisotopic (exact) mass is 301 g/mol. The molecule has 1 atom stereocenters. The van der Waals surface area contributed by atoms with Gasteiger partial charge in [0.2, 0.25) is 11.9 Å². The molecule has 2 aromatic rings. The maximum absolute atomic E-state index is 12.4. The Morgan fingerprint density at radius 2 is 1.95 bits per heavy atom. The van der Waals surface area contributed by atoms with Crippen molar-refractivity contribution in [3.63, 3.8) is 0 Å². The molecule has 0 spiro atoms. The molecule has 116 valence electrons. The molecule has 0 aliphatic heterocycles. The van der Waals surface area contributed by atoms with Crippen molar-refractivity contribution in [2.75, 3.05) is 5.32 Å². The number of aromatic nitrogens is 3. The number of aromatic amines is 1. The van der Waals surface area contributed by atoms with E-state index in [1.165, 1.54) is 6.33 Å². The number of carbonyl (C=O) groups is 2. The summed E-state index contributed by atoms with van der Waals surface area (Å²) in [5.74, 6) is -0.435. The molecular formula is C15H19N5O2. The smallest absolute Gasteiger partial charge is 0.252 e. The molecule has 0 fully saturated rings. The van der Waals surface area contributed by atoms with Gasteiger partial charge >= 0.3 is 0 Å². The fourth-order valence-corrected chi connectivity index (χ4v) is 2.04. The van der Waals surface area contributed by atoms with Gasteiger partial charge in [0.05, 0.1) is 0 Å². The van der Waals surface area contributed by atoms with E-state index in [1.54, 1.807) is 12.1 Å². The molecule has 1 heterocycles. The van der Waals surface area contributed by atoms with E-state index in [2.05, 4.69) is 25.8 Å². The number of hydrogen-bond acceptors (Lipinski definition) is 4. The topological polar surface area (TPSA) is 99.8 Å². The van der Waals surface area contributed by atoms with Gasteiger partial charge in [0.25, 0.3) is 5.91 Å². The highest BCUT2D eigenvalue weighted by atomic mass is 16.2. The molecule has 0 aliphatic carbocycles. The number of hydrogen-bond donors (Lipinski definition) is 3. The summed E-state index contributed by atoms with van der Waals surface area (Å²) in [6.45, 7) is 5.58. The van der Waals surface area contributed by atoms with Crippen LogP contribution in [0.15, 0.2) is 30.6 Å². The standard InChI is InChI=1S/C15H19N5O2/c1-9(2)12(14(22)19-15-16-8-17-20-15)18-13(21)11-7-5-4-6-10(11)3/h4-9,12H,1-3H3,(H,18,21)(H2,16,17,19,20,22). The van der Waals surface area contributed by atoms with Crippen molar-refractivity contribution in [1.29, 1.82) is 0 Å². The lowest BCUT2D eigenvalue weighted by molar-refractivity contribution is -0.118. The average molecular weight is 301 g/mol. The molecule has 2 rings (SSSR count). The number of benzene rings is 1. The highest BCUT2D eigenvalue weighted by Gasteiger charge is 2.25. The van der Waals surface area contributed by atoms with Crippen molar-refractivity contribution in [2.45, 2.75) is 26.8 Å². The van der Waals surface area contributed by atoms with Crippen molar-refractivity contribution >= 4 is 17.8 Å². The molecule has 0 bridgehead atoms. The molecule has 1 unspecified atom stereocenters. The predicted molar refractivity (Wildman–Crippen MR) is 82.3 cm³/mol. The van der Waals surface area contributed by atoms with Crippen LogP contribution in [-0.4, -0.2) is 33.0 Å². The molecule has 22 heavy (non-hydrogen) atoms. The molecule has 0 radical (unpaired) electrons. The van der Waals surface area contributed by atoms with E-state index in [0.717, 1.165) is 5.56 Å². The second kappa shape index (κ2) is 6.84. The fourth-order valence-electron chi connectivity index (χ4n) is 2.04. The van der Waals surface area contributed by atoms with Gasteiger partial charge in [0, 0.05) is 5.56 Å². The van der Waals surface area contributed by atoms with Gasteiger partial charge < -0.3 is 5.32 Å². The number of nitrogens with one attached hydrogen (secondary N) is 3. The zero-order chi connectivity index (χ0) is 16.1. The minimum atomic E-state index is -0.669. The zero-order valence-electron chi connectivity index (χ0n) is 12.8. The lowest BCUT2D eigenvalue weighted by Crippen LogP contribution is -2.47. The van der Waals surface area contributed by atoms with Crippen LogP contribution in [0.5, 0.6) is 0 Å². The second-order valence-corrected chi connectivity index (χ2v) is 5.33. The SMILES string of the molecule is Cc1ccccc1C(=O)NC(C(=O)Nc1ncn[nH]1)C(C)C. The highest BCUT2D eigenvalue weighted by molar-refractivity contribution is 6.01. The summed E-state index contributed by atoms with van der Waals surface area (Å²) < 4.78 is 0. The van der Waals surface area contributed by atoms with Crippen LogP contribution in [0.3, 0.4) is 0 Å². The third-order valence-corrected chi connectivity index (χ3v) is 3.28. The molecule has 2 amide bonds. The summed E-state index contributed by atoms with van der Waals surface area (Å²) in [7, 11) is 0. The lowest BCUT2D eigenvalue weighted by atomic mass is 10.0. The van der Waals surface area contributed by atoms with Crippen molar-refractivity contribution in [1.82, 2.24) is 20.5 Å². The summed E-state index contributed by atoms with van der Waals surface area (Å²) in [5.41, 5.74) is 1.42. The van der Waals surface area contributed by atoms with Gasteiger partial charge in [-0.1, -0.05) is 32.0 Å². The molecule has 1 aromatic carbocycles. The van der Waals surface area contributed by atoms with Crippen molar-refractivity contribution < 1.29 is 9.59 Å². The van der Waals surface area contributed by atoms with Crippen LogP contribution >= 0.6 is 0 Å². The first-order chi connectivity index (χ1) is 10.5. The first kappa shape index (κ1) is 15.7. The normalized spacial score (nSPS) is 12.0. The van der Waals surface area contributed by atoms with Crippen LogP contribution in [0.1, 0.15) is 29.8 Å². The van der Waals surface area contributed by atoms with Crippen LogP contribution in [0.2, 0.25) is 0 Å². The zero-order valence-corrected chi connectivity index (χ0v) is 12.8. The van der Waals surface area contributed by atoms with E-state index in [-0.39, 0.29) is 23.7 Å². The largest absolute Gasteiger partial charge is 0.340 e. The third-order valence-electron chi connectivity index (χ3n) is 3.28. The van der Waals surface area contributed by atoms with Crippen LogP contribution in [0.25, 0.3) is 0 Å². The van der Waals surface area contributed by atoms with E-state index in [0.29, 0.717) is 5.56 Å².